The Labute approximate surface area is 68.1 Å². The van der Waals surface area contributed by atoms with E-state index in [2.05, 4.69) is 15.0 Å². The molecule has 5 heteroatoms. The van der Waals surface area contributed by atoms with E-state index in [1.54, 1.807) is 6.21 Å². The van der Waals surface area contributed by atoms with Gasteiger partial charge in [-0.25, -0.2) is 4.98 Å². The van der Waals surface area contributed by atoms with E-state index in [1.165, 1.54) is 0 Å². The maximum Gasteiger partial charge on any atom is 0.221 e. The largest absolute Gasteiger partial charge is 0.368 e. The first kappa shape index (κ1) is 6.54. The third-order valence-electron chi connectivity index (χ3n) is 1.44. The van der Waals surface area contributed by atoms with E-state index in [9.17, 15) is 0 Å². The summed E-state index contributed by atoms with van der Waals surface area (Å²) in [6.07, 6.45) is 2.44. The molecule has 56 valence electrons. The lowest BCUT2D eigenvalue weighted by molar-refractivity contribution is 1.11. The summed E-state index contributed by atoms with van der Waals surface area (Å²) in [6, 6.07) is 0. The molecule has 0 radical (unpaired) electrons. The van der Waals surface area contributed by atoms with E-state index < -0.39 is 0 Å². The standard InChI is InChI=1S/C6H5ClN4/c7-5-4-3(1-2-9-4)10-6(8)11-5/h2H,1H2,(H2,8,10,11). The SMILES string of the molecule is Nc1nc(Cl)c2c(n1)CC=N2. The van der Waals surface area contributed by atoms with Crippen LogP contribution in [0.1, 0.15) is 5.69 Å². The third kappa shape index (κ3) is 0.952. The summed E-state index contributed by atoms with van der Waals surface area (Å²) in [5.74, 6) is 0.208. The molecule has 0 amide bonds. The van der Waals surface area contributed by atoms with E-state index in [0.717, 1.165) is 5.69 Å². The lowest BCUT2D eigenvalue weighted by Crippen LogP contribution is -1.97. The van der Waals surface area contributed by atoms with Gasteiger partial charge in [0.25, 0.3) is 0 Å². The summed E-state index contributed by atoms with van der Waals surface area (Å²) in [5.41, 5.74) is 6.83. The zero-order chi connectivity index (χ0) is 7.84. The van der Waals surface area contributed by atoms with Gasteiger partial charge in [0.15, 0.2) is 5.15 Å². The lowest BCUT2D eigenvalue weighted by Gasteiger charge is -1.98. The number of aromatic nitrogens is 2. The predicted octanol–water partition coefficient (Wildman–Crippen LogP) is 0.971. The smallest absolute Gasteiger partial charge is 0.221 e. The minimum Gasteiger partial charge on any atom is -0.368 e. The van der Waals surface area contributed by atoms with Crippen molar-refractivity contribution in [2.45, 2.75) is 6.42 Å². The topological polar surface area (TPSA) is 64.2 Å². The van der Waals surface area contributed by atoms with Gasteiger partial charge in [0.1, 0.15) is 5.69 Å². The molecule has 0 unspecified atom stereocenters. The lowest BCUT2D eigenvalue weighted by atomic mass is 10.3. The normalized spacial score (nSPS) is 13.5. The molecule has 0 fully saturated rings. The minimum absolute atomic E-state index is 0.208. The van der Waals surface area contributed by atoms with Crippen molar-refractivity contribution in [3.05, 3.63) is 10.8 Å². The fourth-order valence-corrected chi connectivity index (χ4v) is 1.23. The number of hydrogen-bond donors (Lipinski definition) is 1. The molecule has 0 aliphatic carbocycles. The molecule has 11 heavy (non-hydrogen) atoms. The summed E-state index contributed by atoms with van der Waals surface area (Å²) in [4.78, 5) is 11.7. The first-order chi connectivity index (χ1) is 5.27. The highest BCUT2D eigenvalue weighted by Gasteiger charge is 2.13. The van der Waals surface area contributed by atoms with Gasteiger partial charge in [0.05, 0.1) is 5.69 Å². The molecule has 0 bridgehead atoms. The highest BCUT2D eigenvalue weighted by Crippen LogP contribution is 2.29. The molecule has 0 spiro atoms. The van der Waals surface area contributed by atoms with Crippen LogP contribution in [0.5, 0.6) is 0 Å². The fraction of sp³-hybridized carbons (Fsp3) is 0.167. The van der Waals surface area contributed by atoms with Crippen LogP contribution < -0.4 is 5.73 Å². The van der Waals surface area contributed by atoms with Crippen LogP contribution in [0.4, 0.5) is 11.6 Å². The predicted molar refractivity (Wildman–Crippen MR) is 43.3 cm³/mol. The Morgan fingerprint density at radius 3 is 3.09 bits per heavy atom. The van der Waals surface area contributed by atoms with Gasteiger partial charge in [-0.1, -0.05) is 11.6 Å². The zero-order valence-corrected chi connectivity index (χ0v) is 6.34. The van der Waals surface area contributed by atoms with Crippen LogP contribution in [0.15, 0.2) is 4.99 Å². The van der Waals surface area contributed by atoms with Gasteiger partial charge in [0, 0.05) is 12.6 Å². The van der Waals surface area contributed by atoms with Crippen molar-refractivity contribution in [1.82, 2.24) is 9.97 Å². The molecule has 4 nitrogen and oxygen atoms in total. The Bertz CT molecular complexity index is 334. The van der Waals surface area contributed by atoms with E-state index in [4.69, 9.17) is 17.3 Å². The molecule has 2 rings (SSSR count). The molecule has 1 aromatic rings. The van der Waals surface area contributed by atoms with E-state index in [0.29, 0.717) is 17.3 Å². The molecule has 1 aliphatic rings. The van der Waals surface area contributed by atoms with Crippen molar-refractivity contribution in [1.29, 1.82) is 0 Å². The molecule has 2 N–H and O–H groups in total. The van der Waals surface area contributed by atoms with Crippen molar-refractivity contribution in [3.63, 3.8) is 0 Å². The Morgan fingerprint density at radius 2 is 2.27 bits per heavy atom. The van der Waals surface area contributed by atoms with Crippen molar-refractivity contribution >= 4 is 29.5 Å². The van der Waals surface area contributed by atoms with Gasteiger partial charge < -0.3 is 5.73 Å². The fourth-order valence-electron chi connectivity index (χ4n) is 0.982. The second-order valence-electron chi connectivity index (χ2n) is 2.18. The van der Waals surface area contributed by atoms with Crippen molar-refractivity contribution in [2.75, 3.05) is 5.73 Å². The summed E-state index contributed by atoms with van der Waals surface area (Å²) < 4.78 is 0. The van der Waals surface area contributed by atoms with E-state index >= 15 is 0 Å². The van der Waals surface area contributed by atoms with Gasteiger partial charge in [-0.15, -0.1) is 0 Å². The molecule has 0 aromatic carbocycles. The van der Waals surface area contributed by atoms with Gasteiger partial charge in [-0.2, -0.15) is 4.98 Å². The molecule has 1 aliphatic heterocycles. The monoisotopic (exact) mass is 168 g/mol. The van der Waals surface area contributed by atoms with Crippen LogP contribution in [-0.2, 0) is 6.42 Å². The molecule has 2 heterocycles. The molecule has 0 saturated heterocycles. The average molecular weight is 169 g/mol. The second kappa shape index (κ2) is 2.17. The zero-order valence-electron chi connectivity index (χ0n) is 5.58. The van der Waals surface area contributed by atoms with Crippen LogP contribution >= 0.6 is 11.6 Å². The third-order valence-corrected chi connectivity index (χ3v) is 1.70. The number of hydrogen-bond acceptors (Lipinski definition) is 4. The maximum atomic E-state index is 5.73. The second-order valence-corrected chi connectivity index (χ2v) is 2.54. The molecule has 0 saturated carbocycles. The number of rotatable bonds is 0. The number of nitrogens with zero attached hydrogens (tertiary/aromatic N) is 3. The van der Waals surface area contributed by atoms with Crippen LogP contribution in [0.2, 0.25) is 5.15 Å². The van der Waals surface area contributed by atoms with Crippen LogP contribution in [0.3, 0.4) is 0 Å². The van der Waals surface area contributed by atoms with E-state index in [1.807, 2.05) is 0 Å². The average Bonchev–Trinajstić information content (AvgIpc) is 2.34. The highest BCUT2D eigenvalue weighted by atomic mass is 35.5. The summed E-state index contributed by atoms with van der Waals surface area (Å²) in [5, 5.41) is 0.334. The summed E-state index contributed by atoms with van der Waals surface area (Å²) in [7, 11) is 0. The molecular weight excluding hydrogens is 164 g/mol. The summed E-state index contributed by atoms with van der Waals surface area (Å²) in [6.45, 7) is 0. The maximum absolute atomic E-state index is 5.73. The van der Waals surface area contributed by atoms with Crippen molar-refractivity contribution in [3.8, 4) is 0 Å². The Balaban J connectivity index is 2.67. The van der Waals surface area contributed by atoms with Crippen LogP contribution in [0, 0.1) is 0 Å². The quantitative estimate of drug-likeness (QED) is 0.587. The van der Waals surface area contributed by atoms with Gasteiger partial charge >= 0.3 is 0 Å². The number of fused-ring (bicyclic) bond motifs is 1. The first-order valence-electron chi connectivity index (χ1n) is 3.12. The Morgan fingerprint density at radius 1 is 1.45 bits per heavy atom. The van der Waals surface area contributed by atoms with Gasteiger partial charge in [-0.3, -0.25) is 4.99 Å². The van der Waals surface area contributed by atoms with Crippen LogP contribution in [-0.4, -0.2) is 16.2 Å². The number of nitrogens with two attached hydrogens (primary N) is 1. The summed E-state index contributed by atoms with van der Waals surface area (Å²) >= 11 is 5.73. The van der Waals surface area contributed by atoms with Crippen molar-refractivity contribution in [2.24, 2.45) is 4.99 Å². The molecule has 0 atom stereocenters. The number of halogens is 1. The van der Waals surface area contributed by atoms with E-state index in [-0.39, 0.29) is 5.95 Å². The highest BCUT2D eigenvalue weighted by molar-refractivity contribution is 6.32. The Hall–Kier alpha value is -1.16. The first-order valence-corrected chi connectivity index (χ1v) is 3.49. The van der Waals surface area contributed by atoms with Gasteiger partial charge in [-0.05, 0) is 0 Å². The Kier molecular flexibility index (Phi) is 1.29. The number of aliphatic imine (C=N–C) groups is 1. The minimum atomic E-state index is 0.208. The molecule has 1 aromatic heterocycles. The number of nitrogen functional groups attached to an aromatic ring is 1. The molecular formula is C6H5ClN4. The van der Waals surface area contributed by atoms with Crippen LogP contribution in [0.25, 0.3) is 0 Å². The van der Waals surface area contributed by atoms with Gasteiger partial charge in [0.2, 0.25) is 5.95 Å². The number of anilines is 1. The van der Waals surface area contributed by atoms with Crippen molar-refractivity contribution < 1.29 is 0 Å².